The van der Waals surface area contributed by atoms with Crippen LogP contribution in [0, 0.1) is 0 Å². The average molecular weight is 306 g/mol. The Morgan fingerprint density at radius 2 is 1.41 bits per heavy atom. The first-order valence-corrected chi connectivity index (χ1v) is 8.95. The molecular weight excluding hydrogens is 272 g/mol. The van der Waals surface area contributed by atoms with Crippen LogP contribution in [0.5, 0.6) is 0 Å². The molecule has 0 atom stereocenters. The molecule has 126 valence electrons. The predicted molar refractivity (Wildman–Crippen MR) is 96.1 cm³/mol. The van der Waals surface area contributed by atoms with Crippen LogP contribution in [0.15, 0.2) is 36.5 Å². The van der Waals surface area contributed by atoms with Crippen LogP contribution in [-0.4, -0.2) is 11.1 Å². The lowest BCUT2D eigenvalue weighted by Gasteiger charge is -1.97. The zero-order chi connectivity index (χ0) is 16.3. The molecule has 0 bridgehead atoms. The smallest absolute Gasteiger partial charge is 0.303 e. The summed E-state index contributed by atoms with van der Waals surface area (Å²) in [5.74, 6) is -0.698. The number of rotatable bonds is 15. The van der Waals surface area contributed by atoms with Gasteiger partial charge in [0, 0.05) is 6.42 Å². The van der Waals surface area contributed by atoms with Gasteiger partial charge >= 0.3 is 5.97 Å². The summed E-state index contributed by atoms with van der Waals surface area (Å²) in [6, 6.07) is 0. The van der Waals surface area contributed by atoms with E-state index in [0.717, 1.165) is 25.7 Å². The number of hydrogen-bond donors (Lipinski definition) is 1. The van der Waals surface area contributed by atoms with Gasteiger partial charge in [0.2, 0.25) is 0 Å². The molecule has 2 heteroatoms. The zero-order valence-corrected chi connectivity index (χ0v) is 14.3. The van der Waals surface area contributed by atoms with Crippen molar-refractivity contribution in [2.24, 2.45) is 0 Å². The van der Waals surface area contributed by atoms with E-state index in [0.29, 0.717) is 0 Å². The normalized spacial score (nSPS) is 12.0. The molecule has 0 aliphatic carbocycles. The van der Waals surface area contributed by atoms with E-state index in [2.05, 4.69) is 43.4 Å². The molecule has 0 aromatic carbocycles. The van der Waals surface area contributed by atoms with Gasteiger partial charge in [0.1, 0.15) is 0 Å². The lowest BCUT2D eigenvalue weighted by molar-refractivity contribution is -0.137. The molecule has 0 heterocycles. The molecule has 0 aromatic heterocycles. The van der Waals surface area contributed by atoms with Crippen LogP contribution in [0.2, 0.25) is 0 Å². The van der Waals surface area contributed by atoms with Crippen molar-refractivity contribution >= 4 is 5.97 Å². The van der Waals surface area contributed by atoms with Crippen molar-refractivity contribution in [3.63, 3.8) is 0 Å². The molecule has 0 saturated heterocycles. The predicted octanol–water partition coefficient (Wildman–Crippen LogP) is 6.44. The molecule has 0 rings (SSSR count). The van der Waals surface area contributed by atoms with Crippen LogP contribution >= 0.6 is 0 Å². The third-order valence-corrected chi connectivity index (χ3v) is 3.56. The Kier molecular flexibility index (Phi) is 16.7. The molecule has 0 unspecified atom stereocenters. The fraction of sp³-hybridized carbons (Fsp3) is 0.650. The summed E-state index contributed by atoms with van der Waals surface area (Å²) < 4.78 is 0. The minimum atomic E-state index is -0.698. The Morgan fingerprint density at radius 3 is 2.18 bits per heavy atom. The monoisotopic (exact) mass is 306 g/mol. The van der Waals surface area contributed by atoms with E-state index in [1.165, 1.54) is 44.9 Å². The van der Waals surface area contributed by atoms with Crippen LogP contribution in [-0.2, 0) is 4.79 Å². The summed E-state index contributed by atoms with van der Waals surface area (Å²) in [4.78, 5) is 10.3. The highest BCUT2D eigenvalue weighted by Crippen LogP contribution is 2.07. The number of hydrogen-bond acceptors (Lipinski definition) is 1. The quantitative estimate of drug-likeness (QED) is 0.215. The summed E-state index contributed by atoms with van der Waals surface area (Å²) in [7, 11) is 0. The molecule has 2 nitrogen and oxygen atoms in total. The van der Waals surface area contributed by atoms with Crippen LogP contribution in [0.4, 0.5) is 0 Å². The number of carboxylic acid groups (broad SMARTS) is 1. The first kappa shape index (κ1) is 20.7. The molecule has 0 fully saturated rings. The van der Waals surface area contributed by atoms with Crippen molar-refractivity contribution in [2.45, 2.75) is 84.0 Å². The minimum absolute atomic E-state index is 0.285. The number of carboxylic acids is 1. The van der Waals surface area contributed by atoms with Gasteiger partial charge < -0.3 is 5.11 Å². The minimum Gasteiger partial charge on any atom is -0.481 e. The zero-order valence-electron chi connectivity index (χ0n) is 14.3. The van der Waals surface area contributed by atoms with Crippen molar-refractivity contribution in [2.75, 3.05) is 0 Å². The largest absolute Gasteiger partial charge is 0.481 e. The molecule has 0 amide bonds. The number of allylic oxidation sites excluding steroid dienone is 6. The van der Waals surface area contributed by atoms with Crippen molar-refractivity contribution in [3.8, 4) is 0 Å². The highest BCUT2D eigenvalue weighted by atomic mass is 16.4. The Hall–Kier alpha value is -1.31. The first-order valence-electron chi connectivity index (χ1n) is 8.95. The number of carbonyl (C=O) groups is 1. The highest BCUT2D eigenvalue weighted by molar-refractivity contribution is 5.66. The molecule has 0 spiro atoms. The first-order chi connectivity index (χ1) is 10.8. The Labute approximate surface area is 137 Å². The molecule has 0 saturated carbocycles. The molecule has 22 heavy (non-hydrogen) atoms. The third kappa shape index (κ3) is 18.7. The van der Waals surface area contributed by atoms with Gasteiger partial charge in [0.15, 0.2) is 0 Å². The summed E-state index contributed by atoms with van der Waals surface area (Å²) >= 11 is 0. The number of aliphatic carboxylic acids is 1. The van der Waals surface area contributed by atoms with Crippen molar-refractivity contribution in [1.82, 2.24) is 0 Å². The van der Waals surface area contributed by atoms with Gasteiger partial charge in [-0.1, -0.05) is 75.5 Å². The molecule has 1 N–H and O–H groups in total. The van der Waals surface area contributed by atoms with Crippen LogP contribution in [0.25, 0.3) is 0 Å². The van der Waals surface area contributed by atoms with E-state index in [4.69, 9.17) is 5.11 Å². The fourth-order valence-electron chi connectivity index (χ4n) is 2.21. The van der Waals surface area contributed by atoms with E-state index >= 15 is 0 Å². The second-order valence-corrected chi connectivity index (χ2v) is 5.76. The van der Waals surface area contributed by atoms with E-state index in [1.54, 1.807) is 0 Å². The maximum Gasteiger partial charge on any atom is 0.303 e. The summed E-state index contributed by atoms with van der Waals surface area (Å²) in [6.07, 6.45) is 26.3. The van der Waals surface area contributed by atoms with Gasteiger partial charge in [-0.15, -0.1) is 0 Å². The second kappa shape index (κ2) is 17.7. The summed E-state index contributed by atoms with van der Waals surface area (Å²) in [6.45, 7) is 2.25. The van der Waals surface area contributed by atoms with Gasteiger partial charge in [0.25, 0.3) is 0 Å². The van der Waals surface area contributed by atoms with Crippen LogP contribution < -0.4 is 0 Å². The maximum atomic E-state index is 10.3. The van der Waals surface area contributed by atoms with E-state index in [1.807, 2.05) is 0 Å². The lowest BCUT2D eigenvalue weighted by Crippen LogP contribution is -1.92. The van der Waals surface area contributed by atoms with Crippen molar-refractivity contribution in [1.29, 1.82) is 0 Å². The summed E-state index contributed by atoms with van der Waals surface area (Å²) in [5.41, 5.74) is 0. The Bertz CT molecular complexity index is 327. The second-order valence-electron chi connectivity index (χ2n) is 5.76. The van der Waals surface area contributed by atoms with Gasteiger partial charge in [-0.2, -0.15) is 0 Å². The SMILES string of the molecule is CCCCCCCC/C=C/C/C=C/C=C/CCCCC(=O)O. The molecular formula is C20H34O2. The van der Waals surface area contributed by atoms with E-state index < -0.39 is 5.97 Å². The van der Waals surface area contributed by atoms with Gasteiger partial charge in [-0.05, 0) is 38.5 Å². The van der Waals surface area contributed by atoms with Crippen molar-refractivity contribution in [3.05, 3.63) is 36.5 Å². The number of unbranched alkanes of at least 4 members (excludes halogenated alkanes) is 8. The van der Waals surface area contributed by atoms with Crippen molar-refractivity contribution < 1.29 is 9.90 Å². The Morgan fingerprint density at radius 1 is 0.773 bits per heavy atom. The standard InChI is InChI=1S/C20H34O2/c1-2-3-4-5-6-7-8-9-10-11-12-13-14-15-16-17-18-19-20(21)22/h9-10,12-15H,2-8,11,16-19H2,1H3,(H,21,22)/b10-9+,13-12+,15-14+. The Balaban J connectivity index is 3.31. The topological polar surface area (TPSA) is 37.3 Å². The molecule has 0 aliphatic heterocycles. The molecule has 0 aliphatic rings. The lowest BCUT2D eigenvalue weighted by atomic mass is 10.1. The highest BCUT2D eigenvalue weighted by Gasteiger charge is 1.93. The van der Waals surface area contributed by atoms with E-state index in [-0.39, 0.29) is 6.42 Å². The maximum absolute atomic E-state index is 10.3. The van der Waals surface area contributed by atoms with E-state index in [9.17, 15) is 4.79 Å². The molecule has 0 aromatic rings. The van der Waals surface area contributed by atoms with Gasteiger partial charge in [0.05, 0.1) is 0 Å². The average Bonchev–Trinajstić information content (AvgIpc) is 2.50. The third-order valence-electron chi connectivity index (χ3n) is 3.56. The fourth-order valence-corrected chi connectivity index (χ4v) is 2.21. The van der Waals surface area contributed by atoms with Crippen LogP contribution in [0.3, 0.4) is 0 Å². The van der Waals surface area contributed by atoms with Gasteiger partial charge in [-0.25, -0.2) is 0 Å². The van der Waals surface area contributed by atoms with Gasteiger partial charge in [-0.3, -0.25) is 4.79 Å². The molecule has 0 radical (unpaired) electrons. The summed E-state index contributed by atoms with van der Waals surface area (Å²) in [5, 5.41) is 8.50. The van der Waals surface area contributed by atoms with Crippen LogP contribution in [0.1, 0.15) is 84.0 Å².